The summed E-state index contributed by atoms with van der Waals surface area (Å²) in [5.74, 6) is -3.53. The van der Waals surface area contributed by atoms with Crippen molar-refractivity contribution in [2.24, 2.45) is 0 Å². The summed E-state index contributed by atoms with van der Waals surface area (Å²) in [5.41, 5.74) is -2.09. The van der Waals surface area contributed by atoms with Gasteiger partial charge in [0.05, 0.1) is 0 Å². The standard InChI is InChI=1S/C10H10F2O2/c1-9(14)7-5-3-2-4-6(7)8(13)10(9,11)12/h2-5,8,13-14H,1H3/t8-,9+/m0/s1. The summed E-state index contributed by atoms with van der Waals surface area (Å²) in [6.45, 7) is 1.02. The number of aliphatic hydroxyl groups is 2. The highest BCUT2D eigenvalue weighted by atomic mass is 19.3. The number of benzene rings is 1. The van der Waals surface area contributed by atoms with E-state index in [-0.39, 0.29) is 11.1 Å². The van der Waals surface area contributed by atoms with Crippen molar-refractivity contribution in [3.8, 4) is 0 Å². The molecule has 76 valence electrons. The van der Waals surface area contributed by atoms with E-state index in [1.54, 1.807) is 12.1 Å². The van der Waals surface area contributed by atoms with Gasteiger partial charge in [0.2, 0.25) is 0 Å². The monoisotopic (exact) mass is 200 g/mol. The van der Waals surface area contributed by atoms with Crippen LogP contribution < -0.4 is 0 Å². The first-order valence-corrected chi connectivity index (χ1v) is 4.26. The van der Waals surface area contributed by atoms with Crippen molar-refractivity contribution in [1.29, 1.82) is 0 Å². The Bertz CT molecular complexity index is 374. The van der Waals surface area contributed by atoms with E-state index < -0.39 is 17.6 Å². The Morgan fingerprint density at radius 3 is 2.43 bits per heavy atom. The van der Waals surface area contributed by atoms with E-state index in [9.17, 15) is 19.0 Å². The number of rotatable bonds is 0. The second-order valence-corrected chi connectivity index (χ2v) is 3.68. The molecule has 2 N–H and O–H groups in total. The van der Waals surface area contributed by atoms with Crippen LogP contribution in [0.3, 0.4) is 0 Å². The molecule has 0 radical (unpaired) electrons. The molecule has 14 heavy (non-hydrogen) atoms. The zero-order valence-corrected chi connectivity index (χ0v) is 7.54. The van der Waals surface area contributed by atoms with Gasteiger partial charge in [-0.3, -0.25) is 0 Å². The molecule has 2 rings (SSSR count). The Balaban J connectivity index is 2.68. The van der Waals surface area contributed by atoms with Crippen molar-refractivity contribution < 1.29 is 19.0 Å². The molecule has 0 saturated heterocycles. The maximum Gasteiger partial charge on any atom is 0.309 e. The zero-order valence-electron chi connectivity index (χ0n) is 7.54. The lowest BCUT2D eigenvalue weighted by Gasteiger charge is -2.27. The second-order valence-electron chi connectivity index (χ2n) is 3.68. The third kappa shape index (κ3) is 0.898. The molecular formula is C10H10F2O2. The lowest BCUT2D eigenvalue weighted by Crippen LogP contribution is -2.41. The van der Waals surface area contributed by atoms with Crippen LogP contribution >= 0.6 is 0 Å². The maximum absolute atomic E-state index is 13.4. The summed E-state index contributed by atoms with van der Waals surface area (Å²) in [5, 5.41) is 19.0. The fourth-order valence-electron chi connectivity index (χ4n) is 1.82. The SMILES string of the molecule is C[C@@]1(O)c2ccccc2[C@H](O)C1(F)F. The van der Waals surface area contributed by atoms with E-state index in [0.717, 1.165) is 6.92 Å². The first-order valence-electron chi connectivity index (χ1n) is 4.26. The van der Waals surface area contributed by atoms with E-state index in [1.807, 2.05) is 0 Å². The van der Waals surface area contributed by atoms with Crippen LogP contribution in [0.1, 0.15) is 24.2 Å². The summed E-state index contributed by atoms with van der Waals surface area (Å²) < 4.78 is 26.8. The molecule has 2 nitrogen and oxygen atoms in total. The minimum absolute atomic E-state index is 0.0949. The van der Waals surface area contributed by atoms with Crippen LogP contribution in [-0.4, -0.2) is 16.1 Å². The van der Waals surface area contributed by atoms with E-state index in [1.165, 1.54) is 12.1 Å². The van der Waals surface area contributed by atoms with Crippen molar-refractivity contribution >= 4 is 0 Å². The highest BCUT2D eigenvalue weighted by molar-refractivity contribution is 5.42. The van der Waals surface area contributed by atoms with Gasteiger partial charge in [0.15, 0.2) is 5.60 Å². The maximum atomic E-state index is 13.4. The van der Waals surface area contributed by atoms with Gasteiger partial charge in [-0.2, -0.15) is 8.78 Å². The summed E-state index contributed by atoms with van der Waals surface area (Å²) in [6.07, 6.45) is -1.92. The molecule has 2 atom stereocenters. The van der Waals surface area contributed by atoms with Gasteiger partial charge < -0.3 is 10.2 Å². The fraction of sp³-hybridized carbons (Fsp3) is 0.400. The van der Waals surface area contributed by atoms with Crippen LogP contribution in [0.2, 0.25) is 0 Å². The Labute approximate surface area is 79.8 Å². The quantitative estimate of drug-likeness (QED) is 0.667. The highest BCUT2D eigenvalue weighted by Crippen LogP contribution is 2.53. The molecule has 0 fully saturated rings. The predicted octanol–water partition coefficient (Wildman–Crippen LogP) is 1.58. The number of aliphatic hydroxyl groups excluding tert-OH is 1. The van der Waals surface area contributed by atoms with Crippen LogP contribution in [0.25, 0.3) is 0 Å². The van der Waals surface area contributed by atoms with Gasteiger partial charge in [-0.15, -0.1) is 0 Å². The Morgan fingerprint density at radius 2 is 1.86 bits per heavy atom. The predicted molar refractivity (Wildman–Crippen MR) is 45.9 cm³/mol. The topological polar surface area (TPSA) is 40.5 Å². The molecule has 0 bridgehead atoms. The summed E-state index contributed by atoms with van der Waals surface area (Å²) >= 11 is 0. The molecular weight excluding hydrogens is 190 g/mol. The summed E-state index contributed by atoms with van der Waals surface area (Å²) in [6, 6.07) is 5.91. The molecule has 1 aliphatic carbocycles. The average molecular weight is 200 g/mol. The van der Waals surface area contributed by atoms with Crippen molar-refractivity contribution in [2.75, 3.05) is 0 Å². The highest BCUT2D eigenvalue weighted by Gasteiger charge is 2.62. The van der Waals surface area contributed by atoms with Gasteiger partial charge in [0.25, 0.3) is 0 Å². The zero-order chi connectivity index (χ0) is 10.6. The van der Waals surface area contributed by atoms with Crippen molar-refractivity contribution in [3.05, 3.63) is 35.4 Å². The first kappa shape index (κ1) is 9.55. The smallest absolute Gasteiger partial charge is 0.309 e. The number of fused-ring (bicyclic) bond motifs is 1. The largest absolute Gasteiger partial charge is 0.382 e. The molecule has 0 saturated carbocycles. The van der Waals surface area contributed by atoms with Crippen LogP contribution in [0, 0.1) is 0 Å². The molecule has 0 heterocycles. The van der Waals surface area contributed by atoms with Gasteiger partial charge in [-0.05, 0) is 18.1 Å². The van der Waals surface area contributed by atoms with Crippen LogP contribution in [0.15, 0.2) is 24.3 Å². The molecule has 1 aromatic carbocycles. The fourth-order valence-corrected chi connectivity index (χ4v) is 1.82. The molecule has 0 spiro atoms. The van der Waals surface area contributed by atoms with E-state index in [0.29, 0.717) is 0 Å². The van der Waals surface area contributed by atoms with Crippen LogP contribution in [0.4, 0.5) is 8.78 Å². The molecule has 4 heteroatoms. The van der Waals surface area contributed by atoms with Gasteiger partial charge >= 0.3 is 5.92 Å². The van der Waals surface area contributed by atoms with E-state index in [4.69, 9.17) is 0 Å². The molecule has 0 aliphatic heterocycles. The molecule has 0 amide bonds. The van der Waals surface area contributed by atoms with E-state index >= 15 is 0 Å². The van der Waals surface area contributed by atoms with Gasteiger partial charge in [-0.25, -0.2) is 0 Å². The molecule has 1 aromatic rings. The van der Waals surface area contributed by atoms with Gasteiger partial charge in [0.1, 0.15) is 6.10 Å². The second kappa shape index (κ2) is 2.52. The number of halogens is 2. The third-order valence-corrected chi connectivity index (χ3v) is 2.77. The lowest BCUT2D eigenvalue weighted by molar-refractivity contribution is -0.215. The van der Waals surface area contributed by atoms with E-state index in [2.05, 4.69) is 0 Å². The molecule has 0 unspecified atom stereocenters. The van der Waals surface area contributed by atoms with Crippen LogP contribution in [0.5, 0.6) is 0 Å². The van der Waals surface area contributed by atoms with Crippen molar-refractivity contribution in [1.82, 2.24) is 0 Å². The molecule has 0 aromatic heterocycles. The minimum atomic E-state index is -3.53. The minimum Gasteiger partial charge on any atom is -0.382 e. The third-order valence-electron chi connectivity index (χ3n) is 2.77. The van der Waals surface area contributed by atoms with Gasteiger partial charge in [0, 0.05) is 0 Å². The Morgan fingerprint density at radius 1 is 1.29 bits per heavy atom. The summed E-state index contributed by atoms with van der Waals surface area (Å²) in [4.78, 5) is 0. The molecule has 1 aliphatic rings. The van der Waals surface area contributed by atoms with Crippen molar-refractivity contribution in [2.45, 2.75) is 24.6 Å². The van der Waals surface area contributed by atoms with Crippen LogP contribution in [-0.2, 0) is 5.60 Å². The Hall–Kier alpha value is -1.00. The first-order chi connectivity index (χ1) is 6.39. The normalized spacial score (nSPS) is 34.2. The number of hydrogen-bond acceptors (Lipinski definition) is 2. The Kier molecular flexibility index (Phi) is 1.72. The lowest BCUT2D eigenvalue weighted by atomic mass is 9.96. The van der Waals surface area contributed by atoms with Gasteiger partial charge in [-0.1, -0.05) is 24.3 Å². The average Bonchev–Trinajstić information content (AvgIpc) is 2.27. The summed E-state index contributed by atoms with van der Waals surface area (Å²) in [7, 11) is 0. The number of hydrogen-bond donors (Lipinski definition) is 2. The van der Waals surface area contributed by atoms with Crippen molar-refractivity contribution in [3.63, 3.8) is 0 Å². The number of alkyl halides is 2.